The number of carbonyl (C=O) groups excluding carboxylic acids is 2. The van der Waals surface area contributed by atoms with Crippen LogP contribution in [0, 0.1) is 5.82 Å². The number of likely N-dealkylation sites (N-methyl/N-ethyl adjacent to an activating group) is 1. The van der Waals surface area contributed by atoms with Crippen LogP contribution in [-0.2, 0) is 4.79 Å². The van der Waals surface area contributed by atoms with Crippen molar-refractivity contribution in [3.05, 3.63) is 70.5 Å². The fraction of sp³-hybridized carbons (Fsp3) is 0.333. The monoisotopic (exact) mass is 388 g/mol. The molecule has 1 saturated heterocycles. The highest BCUT2D eigenvalue weighted by Crippen LogP contribution is 2.25. The van der Waals surface area contributed by atoms with E-state index in [2.05, 4.69) is 4.90 Å². The molecule has 2 aromatic carbocycles. The number of amides is 1. The lowest BCUT2D eigenvalue weighted by molar-refractivity contribution is -0.134. The summed E-state index contributed by atoms with van der Waals surface area (Å²) in [6.07, 6.45) is 0.292. The smallest absolute Gasteiger partial charge is 0.223 e. The molecule has 0 saturated carbocycles. The van der Waals surface area contributed by atoms with E-state index in [0.29, 0.717) is 23.7 Å². The van der Waals surface area contributed by atoms with Crippen LogP contribution in [0.4, 0.5) is 4.39 Å². The summed E-state index contributed by atoms with van der Waals surface area (Å²) in [6, 6.07) is 13.3. The molecule has 1 fully saturated rings. The first-order chi connectivity index (χ1) is 13.0. The van der Waals surface area contributed by atoms with Crippen molar-refractivity contribution in [2.24, 2.45) is 0 Å². The lowest BCUT2D eigenvalue weighted by Crippen LogP contribution is -2.49. The zero-order valence-electron chi connectivity index (χ0n) is 15.2. The van der Waals surface area contributed by atoms with E-state index in [1.54, 1.807) is 41.3 Å². The molecule has 1 aliphatic rings. The average Bonchev–Trinajstić information content (AvgIpc) is 2.67. The van der Waals surface area contributed by atoms with Crippen LogP contribution in [-0.4, -0.2) is 48.2 Å². The molecule has 6 heteroatoms. The fourth-order valence-electron chi connectivity index (χ4n) is 3.35. The van der Waals surface area contributed by atoms with Crippen LogP contribution in [0.5, 0.6) is 0 Å². The summed E-state index contributed by atoms with van der Waals surface area (Å²) < 4.78 is 13.2. The molecular formula is C21H22ClFN2O2. The summed E-state index contributed by atoms with van der Waals surface area (Å²) in [5.41, 5.74) is 1.43. The van der Waals surface area contributed by atoms with E-state index >= 15 is 0 Å². The van der Waals surface area contributed by atoms with Crippen LogP contribution in [0.3, 0.4) is 0 Å². The first kappa shape index (κ1) is 19.5. The van der Waals surface area contributed by atoms with Gasteiger partial charge in [0, 0.05) is 38.0 Å². The van der Waals surface area contributed by atoms with Crippen molar-refractivity contribution in [3.63, 3.8) is 0 Å². The molecule has 27 heavy (non-hydrogen) atoms. The van der Waals surface area contributed by atoms with Gasteiger partial charge in [0.1, 0.15) is 5.82 Å². The third-order valence-electron chi connectivity index (χ3n) is 5.00. The minimum atomic E-state index is -0.275. The molecule has 0 spiro atoms. The molecule has 0 aliphatic carbocycles. The largest absolute Gasteiger partial charge is 0.339 e. The summed E-state index contributed by atoms with van der Waals surface area (Å²) in [6.45, 7) is 1.88. The third kappa shape index (κ3) is 4.73. The topological polar surface area (TPSA) is 40.6 Å². The molecule has 1 atom stereocenters. The summed E-state index contributed by atoms with van der Waals surface area (Å²) in [5, 5.41) is 0.408. The summed E-state index contributed by atoms with van der Waals surface area (Å²) in [5.74, 6) is -0.447. The molecule has 0 radical (unpaired) electrons. The van der Waals surface area contributed by atoms with Gasteiger partial charge in [0.2, 0.25) is 5.91 Å². The van der Waals surface area contributed by atoms with Gasteiger partial charge in [-0.05, 0) is 36.9 Å². The Kier molecular flexibility index (Phi) is 6.24. The highest BCUT2D eigenvalue weighted by atomic mass is 35.5. The van der Waals surface area contributed by atoms with Crippen LogP contribution in [0.2, 0.25) is 5.02 Å². The van der Waals surface area contributed by atoms with Crippen molar-refractivity contribution in [2.75, 3.05) is 26.7 Å². The molecule has 1 heterocycles. The van der Waals surface area contributed by atoms with Gasteiger partial charge in [-0.2, -0.15) is 0 Å². The highest BCUT2D eigenvalue weighted by molar-refractivity contribution is 6.34. The van der Waals surface area contributed by atoms with Crippen molar-refractivity contribution >= 4 is 23.3 Å². The number of benzene rings is 2. The number of rotatable bonds is 5. The molecule has 0 N–H and O–H groups in total. The Morgan fingerprint density at radius 1 is 1.07 bits per heavy atom. The Bertz CT molecular complexity index is 825. The van der Waals surface area contributed by atoms with Gasteiger partial charge >= 0.3 is 0 Å². The van der Waals surface area contributed by atoms with Crippen LogP contribution in [0.25, 0.3) is 0 Å². The summed E-state index contributed by atoms with van der Waals surface area (Å²) in [7, 11) is 2.00. The lowest BCUT2D eigenvalue weighted by Gasteiger charge is -2.39. The van der Waals surface area contributed by atoms with Crippen LogP contribution < -0.4 is 0 Å². The zero-order valence-corrected chi connectivity index (χ0v) is 16.0. The Morgan fingerprint density at radius 2 is 1.78 bits per heavy atom. The van der Waals surface area contributed by atoms with Crippen molar-refractivity contribution in [1.82, 2.24) is 9.80 Å². The van der Waals surface area contributed by atoms with Gasteiger partial charge in [0.25, 0.3) is 0 Å². The SMILES string of the molecule is CN1CCN(C(=O)CCC(=O)c2ccccc2Cl)CC1c1ccc(F)cc1. The first-order valence-electron chi connectivity index (χ1n) is 8.97. The van der Waals surface area contributed by atoms with E-state index in [4.69, 9.17) is 11.6 Å². The molecule has 1 amide bonds. The maximum absolute atomic E-state index is 13.2. The molecule has 3 rings (SSSR count). The van der Waals surface area contributed by atoms with Gasteiger partial charge in [-0.3, -0.25) is 14.5 Å². The van der Waals surface area contributed by atoms with Gasteiger partial charge in [-0.15, -0.1) is 0 Å². The van der Waals surface area contributed by atoms with Crippen molar-refractivity contribution in [3.8, 4) is 0 Å². The second-order valence-electron chi connectivity index (χ2n) is 6.79. The first-order valence-corrected chi connectivity index (χ1v) is 9.34. The molecule has 1 unspecified atom stereocenters. The second-order valence-corrected chi connectivity index (χ2v) is 7.20. The van der Waals surface area contributed by atoms with Crippen LogP contribution in [0.1, 0.15) is 34.8 Å². The minimum Gasteiger partial charge on any atom is -0.339 e. The van der Waals surface area contributed by atoms with Gasteiger partial charge < -0.3 is 4.90 Å². The van der Waals surface area contributed by atoms with E-state index in [1.165, 1.54) is 12.1 Å². The number of nitrogens with zero attached hydrogens (tertiary/aromatic N) is 2. The van der Waals surface area contributed by atoms with Gasteiger partial charge in [0.05, 0.1) is 11.1 Å². The lowest BCUT2D eigenvalue weighted by atomic mass is 10.0. The van der Waals surface area contributed by atoms with Crippen molar-refractivity contribution in [1.29, 1.82) is 0 Å². The van der Waals surface area contributed by atoms with Gasteiger partial charge in [-0.1, -0.05) is 35.9 Å². The Hall–Kier alpha value is -2.24. The number of hydrogen-bond acceptors (Lipinski definition) is 3. The number of ketones is 1. The summed E-state index contributed by atoms with van der Waals surface area (Å²) in [4.78, 5) is 28.9. The van der Waals surface area contributed by atoms with Crippen LogP contribution >= 0.6 is 11.6 Å². The predicted octanol–water partition coefficient (Wildman–Crippen LogP) is 3.96. The quantitative estimate of drug-likeness (QED) is 0.728. The number of halogens is 2. The maximum Gasteiger partial charge on any atom is 0.223 e. The van der Waals surface area contributed by atoms with Gasteiger partial charge in [0.15, 0.2) is 5.78 Å². The normalized spacial score (nSPS) is 17.7. The van der Waals surface area contributed by atoms with E-state index in [-0.39, 0.29) is 36.4 Å². The molecule has 0 bridgehead atoms. The van der Waals surface area contributed by atoms with Crippen molar-refractivity contribution in [2.45, 2.75) is 18.9 Å². The van der Waals surface area contributed by atoms with Gasteiger partial charge in [-0.25, -0.2) is 4.39 Å². The molecule has 1 aliphatic heterocycles. The van der Waals surface area contributed by atoms with Crippen molar-refractivity contribution < 1.29 is 14.0 Å². The molecular weight excluding hydrogens is 367 g/mol. The number of Topliss-reactive ketones (excluding diaryl/α,β-unsaturated/α-hetero) is 1. The van der Waals surface area contributed by atoms with E-state index in [1.807, 2.05) is 7.05 Å². The summed E-state index contributed by atoms with van der Waals surface area (Å²) >= 11 is 6.05. The minimum absolute atomic E-state index is 0.0163. The number of piperazine rings is 1. The number of hydrogen-bond donors (Lipinski definition) is 0. The molecule has 142 valence electrons. The zero-order chi connectivity index (χ0) is 19.4. The molecule has 4 nitrogen and oxygen atoms in total. The standard InChI is InChI=1S/C21H22ClFN2O2/c1-24-12-13-25(14-19(24)15-6-8-16(23)9-7-15)21(27)11-10-20(26)17-4-2-3-5-18(17)22/h2-9,19H,10-14H2,1H3. The third-order valence-corrected chi connectivity index (χ3v) is 5.33. The van der Waals surface area contributed by atoms with E-state index in [9.17, 15) is 14.0 Å². The Balaban J connectivity index is 1.60. The van der Waals surface area contributed by atoms with E-state index < -0.39 is 0 Å². The number of carbonyl (C=O) groups is 2. The highest BCUT2D eigenvalue weighted by Gasteiger charge is 2.28. The molecule has 0 aromatic heterocycles. The predicted molar refractivity (Wildman–Crippen MR) is 103 cm³/mol. The molecule has 2 aromatic rings. The second kappa shape index (κ2) is 8.63. The van der Waals surface area contributed by atoms with Crippen LogP contribution in [0.15, 0.2) is 48.5 Å². The van der Waals surface area contributed by atoms with E-state index in [0.717, 1.165) is 12.1 Å². The Labute approximate surface area is 163 Å². The fourth-order valence-corrected chi connectivity index (χ4v) is 3.59. The maximum atomic E-state index is 13.2. The average molecular weight is 389 g/mol. The Morgan fingerprint density at radius 3 is 2.48 bits per heavy atom.